The highest BCUT2D eigenvalue weighted by molar-refractivity contribution is 6.08. The Morgan fingerprint density at radius 2 is 1.23 bits per heavy atom. The number of amidine groups is 2. The number of benzene rings is 2. The van der Waals surface area contributed by atoms with Crippen LogP contribution in [0, 0.1) is 0 Å². The van der Waals surface area contributed by atoms with Gasteiger partial charge in [-0.1, -0.05) is 24.3 Å². The number of hydrogen-bond acceptors (Lipinski definition) is 6. The lowest BCUT2D eigenvalue weighted by Crippen LogP contribution is -2.20. The molecule has 152 valence electrons. The maximum Gasteiger partial charge on any atom is 0.248 e. The second-order valence-electron chi connectivity index (χ2n) is 6.79. The summed E-state index contributed by atoms with van der Waals surface area (Å²) in [6.45, 7) is 3.13. The molecule has 8 nitrogen and oxygen atoms in total. The molecule has 0 aromatic heterocycles. The Kier molecular flexibility index (Phi) is 5.84. The standard InChI is InChI=1S/C22H22N6O2/c29-19(27-17-5-1-3-15(13-17)21-23-9-10-24-21)7-8-20(30)28-18-6-2-4-16(14-18)22-25-11-12-26-22/h1-8,13-14H,9-12H2,(H,23,24)(H,25,26)(H,27,29)(H,28,30)/b8-7-. The van der Waals surface area contributed by atoms with Crippen LogP contribution < -0.4 is 21.3 Å². The van der Waals surface area contributed by atoms with E-state index >= 15 is 0 Å². The summed E-state index contributed by atoms with van der Waals surface area (Å²) >= 11 is 0. The van der Waals surface area contributed by atoms with E-state index in [2.05, 4.69) is 31.3 Å². The first-order chi connectivity index (χ1) is 14.7. The highest BCUT2D eigenvalue weighted by Crippen LogP contribution is 2.13. The number of nitrogens with zero attached hydrogens (tertiary/aromatic N) is 2. The lowest BCUT2D eigenvalue weighted by Gasteiger charge is -2.07. The summed E-state index contributed by atoms with van der Waals surface area (Å²) < 4.78 is 0. The number of amides is 2. The summed E-state index contributed by atoms with van der Waals surface area (Å²) in [5, 5.41) is 11.9. The molecule has 0 unspecified atom stereocenters. The molecular weight excluding hydrogens is 380 g/mol. The summed E-state index contributed by atoms with van der Waals surface area (Å²) in [4.78, 5) is 33.1. The van der Waals surface area contributed by atoms with Crippen LogP contribution in [0.1, 0.15) is 11.1 Å². The van der Waals surface area contributed by atoms with Crippen LogP contribution in [0.2, 0.25) is 0 Å². The Balaban J connectivity index is 1.33. The highest BCUT2D eigenvalue weighted by Gasteiger charge is 2.10. The van der Waals surface area contributed by atoms with Crippen molar-refractivity contribution in [2.75, 3.05) is 36.8 Å². The summed E-state index contributed by atoms with van der Waals surface area (Å²) in [6, 6.07) is 14.8. The first kappa shape index (κ1) is 19.4. The van der Waals surface area contributed by atoms with E-state index in [0.717, 1.165) is 49.0 Å². The van der Waals surface area contributed by atoms with Gasteiger partial charge in [0.05, 0.1) is 13.1 Å². The van der Waals surface area contributed by atoms with Crippen molar-refractivity contribution in [3.8, 4) is 0 Å². The third-order valence-electron chi connectivity index (χ3n) is 4.54. The molecule has 30 heavy (non-hydrogen) atoms. The van der Waals surface area contributed by atoms with Crippen LogP contribution in [0.25, 0.3) is 0 Å². The Labute approximate surface area is 174 Å². The van der Waals surface area contributed by atoms with E-state index in [1.54, 1.807) is 12.1 Å². The number of anilines is 2. The van der Waals surface area contributed by atoms with Crippen molar-refractivity contribution in [1.29, 1.82) is 0 Å². The van der Waals surface area contributed by atoms with E-state index < -0.39 is 0 Å². The average Bonchev–Trinajstić information content (AvgIpc) is 3.47. The van der Waals surface area contributed by atoms with Gasteiger partial charge in [-0.05, 0) is 24.3 Å². The van der Waals surface area contributed by atoms with Crippen molar-refractivity contribution in [2.24, 2.45) is 9.98 Å². The van der Waals surface area contributed by atoms with Gasteiger partial charge in [-0.3, -0.25) is 19.6 Å². The zero-order chi connectivity index (χ0) is 20.8. The molecule has 2 amide bonds. The van der Waals surface area contributed by atoms with Crippen LogP contribution in [-0.2, 0) is 9.59 Å². The molecular formula is C22H22N6O2. The molecule has 4 rings (SSSR count). The molecule has 0 radical (unpaired) electrons. The van der Waals surface area contributed by atoms with Gasteiger partial charge in [0.25, 0.3) is 0 Å². The topological polar surface area (TPSA) is 107 Å². The van der Waals surface area contributed by atoms with Crippen molar-refractivity contribution < 1.29 is 9.59 Å². The predicted octanol–water partition coefficient (Wildman–Crippen LogP) is 1.52. The molecule has 0 bridgehead atoms. The molecule has 0 aliphatic carbocycles. The van der Waals surface area contributed by atoms with Gasteiger partial charge in [-0.2, -0.15) is 0 Å². The normalized spacial score (nSPS) is 15.2. The fraction of sp³-hybridized carbons (Fsp3) is 0.182. The molecule has 0 saturated carbocycles. The second-order valence-corrected chi connectivity index (χ2v) is 6.79. The third-order valence-corrected chi connectivity index (χ3v) is 4.54. The minimum atomic E-state index is -0.387. The molecule has 0 saturated heterocycles. The zero-order valence-corrected chi connectivity index (χ0v) is 16.3. The molecule has 0 spiro atoms. The first-order valence-corrected chi connectivity index (χ1v) is 9.75. The van der Waals surface area contributed by atoms with Gasteiger partial charge in [0.1, 0.15) is 11.7 Å². The zero-order valence-electron chi connectivity index (χ0n) is 16.3. The van der Waals surface area contributed by atoms with Gasteiger partial charge in [0.2, 0.25) is 11.8 Å². The number of carbonyl (C=O) groups excluding carboxylic acids is 2. The lowest BCUT2D eigenvalue weighted by molar-refractivity contribution is -0.114. The average molecular weight is 402 g/mol. The fourth-order valence-corrected chi connectivity index (χ4v) is 3.19. The molecule has 8 heteroatoms. The number of carbonyl (C=O) groups is 2. The summed E-state index contributed by atoms with van der Waals surface area (Å²) in [7, 11) is 0. The number of hydrogen-bond donors (Lipinski definition) is 4. The van der Waals surface area contributed by atoms with Crippen LogP contribution in [-0.4, -0.2) is 49.7 Å². The Hall–Kier alpha value is -3.94. The molecule has 2 aliphatic rings. The van der Waals surface area contributed by atoms with Gasteiger partial charge in [-0.25, -0.2) is 0 Å². The van der Waals surface area contributed by atoms with Gasteiger partial charge in [0.15, 0.2) is 0 Å². The van der Waals surface area contributed by atoms with Gasteiger partial charge in [-0.15, -0.1) is 0 Å². The van der Waals surface area contributed by atoms with Crippen LogP contribution in [0.15, 0.2) is 70.7 Å². The molecule has 2 aromatic carbocycles. The molecule has 0 fully saturated rings. The van der Waals surface area contributed by atoms with Crippen LogP contribution in [0.3, 0.4) is 0 Å². The molecule has 0 atom stereocenters. The minimum absolute atomic E-state index is 0.387. The largest absolute Gasteiger partial charge is 0.368 e. The van der Waals surface area contributed by atoms with Crippen molar-refractivity contribution in [1.82, 2.24) is 10.6 Å². The Bertz CT molecular complexity index is 974. The quantitative estimate of drug-likeness (QED) is 0.550. The van der Waals surface area contributed by atoms with Crippen LogP contribution >= 0.6 is 0 Å². The summed E-state index contributed by atoms with van der Waals surface area (Å²) in [5.74, 6) is 0.868. The van der Waals surface area contributed by atoms with Gasteiger partial charge < -0.3 is 21.3 Å². The third kappa shape index (κ3) is 4.91. The van der Waals surface area contributed by atoms with Crippen molar-refractivity contribution in [3.63, 3.8) is 0 Å². The van der Waals surface area contributed by atoms with E-state index in [1.807, 2.05) is 36.4 Å². The maximum atomic E-state index is 12.2. The van der Waals surface area contributed by atoms with E-state index in [4.69, 9.17) is 0 Å². The van der Waals surface area contributed by atoms with E-state index in [1.165, 1.54) is 12.2 Å². The van der Waals surface area contributed by atoms with Crippen LogP contribution in [0.5, 0.6) is 0 Å². The maximum absolute atomic E-state index is 12.2. The summed E-state index contributed by atoms with van der Waals surface area (Å²) in [6.07, 6.45) is 2.42. The Morgan fingerprint density at radius 1 is 0.767 bits per heavy atom. The molecule has 2 aromatic rings. The SMILES string of the molecule is O=C(/C=C\C(=O)Nc1cccc(C2=NCCN2)c1)Nc1cccc(C2=NCCN2)c1. The number of rotatable bonds is 6. The van der Waals surface area contributed by atoms with Crippen molar-refractivity contribution >= 4 is 34.9 Å². The smallest absolute Gasteiger partial charge is 0.248 e. The van der Waals surface area contributed by atoms with E-state index in [-0.39, 0.29) is 11.8 Å². The second kappa shape index (κ2) is 9.04. The first-order valence-electron chi connectivity index (χ1n) is 9.75. The fourth-order valence-electron chi connectivity index (χ4n) is 3.19. The highest BCUT2D eigenvalue weighted by atomic mass is 16.2. The van der Waals surface area contributed by atoms with Crippen molar-refractivity contribution in [3.05, 3.63) is 71.8 Å². The van der Waals surface area contributed by atoms with Crippen LogP contribution in [0.4, 0.5) is 11.4 Å². The van der Waals surface area contributed by atoms with E-state index in [0.29, 0.717) is 11.4 Å². The van der Waals surface area contributed by atoms with Gasteiger partial charge >= 0.3 is 0 Å². The lowest BCUT2D eigenvalue weighted by atomic mass is 10.2. The van der Waals surface area contributed by atoms with Gasteiger partial charge in [0, 0.05) is 47.7 Å². The van der Waals surface area contributed by atoms with Crippen molar-refractivity contribution in [2.45, 2.75) is 0 Å². The Morgan fingerprint density at radius 3 is 1.63 bits per heavy atom. The molecule has 4 N–H and O–H groups in total. The monoisotopic (exact) mass is 402 g/mol. The number of aliphatic imine (C=N–C) groups is 2. The predicted molar refractivity (Wildman–Crippen MR) is 118 cm³/mol. The minimum Gasteiger partial charge on any atom is -0.368 e. The molecule has 2 heterocycles. The summed E-state index contributed by atoms with van der Waals surface area (Å²) in [5.41, 5.74) is 3.09. The molecule has 2 aliphatic heterocycles. The number of nitrogens with one attached hydrogen (secondary N) is 4. The van der Waals surface area contributed by atoms with E-state index in [9.17, 15) is 9.59 Å².